The summed E-state index contributed by atoms with van der Waals surface area (Å²) >= 11 is 0. The third kappa shape index (κ3) is 2.04. The molecule has 5 atom stereocenters. The van der Waals surface area contributed by atoms with Crippen LogP contribution in [0.5, 0.6) is 0 Å². The number of carbonyl (C=O) groups is 1. The fourth-order valence-corrected chi connectivity index (χ4v) is 6.86. The van der Waals surface area contributed by atoms with Crippen molar-refractivity contribution in [1.29, 1.82) is 0 Å². The van der Waals surface area contributed by atoms with Crippen LogP contribution in [0, 0.1) is 28.6 Å². The maximum absolute atomic E-state index is 11.9. The zero-order valence-electron chi connectivity index (χ0n) is 15.3. The lowest BCUT2D eigenvalue weighted by Gasteiger charge is -2.57. The fraction of sp³-hybridized carbons (Fsp3) is 0.636. The lowest BCUT2D eigenvalue weighted by molar-refractivity contribution is -0.117. The molecule has 1 aromatic heterocycles. The van der Waals surface area contributed by atoms with Crippen LogP contribution in [0.3, 0.4) is 0 Å². The highest BCUT2D eigenvalue weighted by Crippen LogP contribution is 2.66. The first kappa shape index (κ1) is 15.6. The van der Waals surface area contributed by atoms with Crippen molar-refractivity contribution in [3.8, 4) is 0 Å². The van der Waals surface area contributed by atoms with Crippen molar-refractivity contribution in [3.05, 3.63) is 35.7 Å². The van der Waals surface area contributed by atoms with Crippen LogP contribution in [-0.4, -0.2) is 10.9 Å². The molecule has 0 aromatic carbocycles. The zero-order chi connectivity index (χ0) is 17.2. The monoisotopic (exact) mass is 337 g/mol. The second kappa shape index (κ2) is 5.18. The van der Waals surface area contributed by atoms with Crippen LogP contribution in [0.25, 0.3) is 5.57 Å². The van der Waals surface area contributed by atoms with Crippen molar-refractivity contribution in [3.63, 3.8) is 0 Å². The van der Waals surface area contributed by atoms with Gasteiger partial charge in [-0.3, -0.25) is 4.79 Å². The number of allylic oxidation sites excluding steroid dienone is 4. The lowest BCUT2D eigenvalue weighted by atomic mass is 9.47. The highest BCUT2D eigenvalue weighted by Gasteiger charge is 2.57. The van der Waals surface area contributed by atoms with Crippen molar-refractivity contribution in [2.75, 3.05) is 0 Å². The van der Waals surface area contributed by atoms with E-state index >= 15 is 0 Å². The van der Waals surface area contributed by atoms with Crippen LogP contribution in [0.15, 0.2) is 34.5 Å². The molecule has 0 saturated heterocycles. The number of hydrogen-bond donors (Lipinski definition) is 0. The Balaban J connectivity index is 1.49. The van der Waals surface area contributed by atoms with Crippen molar-refractivity contribution >= 4 is 11.4 Å². The minimum Gasteiger partial charge on any atom is -0.357 e. The Morgan fingerprint density at radius 3 is 2.80 bits per heavy atom. The van der Waals surface area contributed by atoms with Gasteiger partial charge in [0.1, 0.15) is 0 Å². The van der Waals surface area contributed by atoms with Gasteiger partial charge >= 0.3 is 0 Å². The summed E-state index contributed by atoms with van der Waals surface area (Å²) < 4.78 is 5.52. The molecule has 1 heterocycles. The number of aromatic nitrogens is 1. The summed E-state index contributed by atoms with van der Waals surface area (Å²) in [6, 6.07) is 2.02. The van der Waals surface area contributed by atoms with Gasteiger partial charge in [-0.15, -0.1) is 0 Å². The van der Waals surface area contributed by atoms with Crippen molar-refractivity contribution in [1.82, 2.24) is 5.16 Å². The Morgan fingerprint density at radius 1 is 1.12 bits per heavy atom. The maximum Gasteiger partial charge on any atom is 0.163 e. The molecule has 2 fully saturated rings. The van der Waals surface area contributed by atoms with E-state index in [1.54, 1.807) is 6.20 Å². The summed E-state index contributed by atoms with van der Waals surface area (Å²) in [5, 5.41) is 3.93. The number of carbonyl (C=O) groups excluding carboxylic acids is 1. The molecule has 0 bridgehead atoms. The smallest absolute Gasteiger partial charge is 0.163 e. The number of ketones is 1. The van der Waals surface area contributed by atoms with Gasteiger partial charge in [-0.2, -0.15) is 0 Å². The zero-order valence-corrected chi connectivity index (χ0v) is 15.3. The van der Waals surface area contributed by atoms with Gasteiger partial charge in [0.15, 0.2) is 11.5 Å². The molecule has 4 aliphatic carbocycles. The first-order valence-corrected chi connectivity index (χ1v) is 9.88. The third-order valence-electron chi connectivity index (χ3n) is 8.25. The molecule has 1 aromatic rings. The molecule has 5 rings (SSSR count). The Morgan fingerprint density at radius 2 is 2.00 bits per heavy atom. The summed E-state index contributed by atoms with van der Waals surface area (Å²) in [4.78, 5) is 11.9. The molecule has 4 aliphatic rings. The summed E-state index contributed by atoms with van der Waals surface area (Å²) in [7, 11) is 0. The summed E-state index contributed by atoms with van der Waals surface area (Å²) in [6.45, 7) is 4.90. The van der Waals surface area contributed by atoms with E-state index in [1.807, 2.05) is 12.1 Å². The van der Waals surface area contributed by atoms with Crippen LogP contribution < -0.4 is 0 Å². The quantitative estimate of drug-likeness (QED) is 0.707. The molecule has 0 spiro atoms. The van der Waals surface area contributed by atoms with Gasteiger partial charge in [0.05, 0.1) is 6.20 Å². The summed E-state index contributed by atoms with van der Waals surface area (Å²) in [6.07, 6.45) is 14.0. The van der Waals surface area contributed by atoms with Crippen molar-refractivity contribution in [2.24, 2.45) is 28.6 Å². The van der Waals surface area contributed by atoms with Crippen molar-refractivity contribution < 1.29 is 9.32 Å². The van der Waals surface area contributed by atoms with Gasteiger partial charge in [0.25, 0.3) is 0 Å². The lowest BCUT2D eigenvalue weighted by Crippen LogP contribution is -2.49. The summed E-state index contributed by atoms with van der Waals surface area (Å²) in [5.41, 5.74) is 3.32. The standard InChI is InChI=1S/C22H27NO2/c1-21-10-7-15(24)13-14(21)3-4-16-17-5-6-19(20-9-12-23-25-20)22(17,2)11-8-18(16)21/h6,9,12-13,16-18H,3-5,7-8,10-11H2,1-2H3. The van der Waals surface area contributed by atoms with Gasteiger partial charge in [-0.1, -0.05) is 30.7 Å². The fourth-order valence-electron chi connectivity index (χ4n) is 6.86. The molecule has 5 unspecified atom stereocenters. The summed E-state index contributed by atoms with van der Waals surface area (Å²) in [5.74, 6) is 3.53. The number of nitrogens with zero attached hydrogens (tertiary/aromatic N) is 1. The molecule has 0 aliphatic heterocycles. The second-order valence-electron chi connectivity index (χ2n) is 9.16. The molecule has 2 saturated carbocycles. The van der Waals surface area contributed by atoms with Gasteiger partial charge in [-0.05, 0) is 78.8 Å². The van der Waals surface area contributed by atoms with E-state index in [1.165, 1.54) is 36.8 Å². The molecular weight excluding hydrogens is 310 g/mol. The number of hydrogen-bond acceptors (Lipinski definition) is 3. The first-order chi connectivity index (χ1) is 12.0. The average Bonchev–Trinajstić information content (AvgIpc) is 3.22. The molecule has 0 amide bonds. The van der Waals surface area contributed by atoms with E-state index < -0.39 is 0 Å². The van der Waals surface area contributed by atoms with Crippen LogP contribution in [0.4, 0.5) is 0 Å². The predicted octanol–water partition coefficient (Wildman–Crippen LogP) is 5.20. The van der Waals surface area contributed by atoms with E-state index in [0.717, 1.165) is 36.9 Å². The minimum atomic E-state index is 0.225. The van der Waals surface area contributed by atoms with Gasteiger partial charge < -0.3 is 4.52 Å². The molecule has 3 nitrogen and oxygen atoms in total. The molecular formula is C22H27NO2. The highest BCUT2D eigenvalue weighted by atomic mass is 16.5. The first-order valence-electron chi connectivity index (χ1n) is 9.88. The number of rotatable bonds is 1. The Bertz CT molecular complexity index is 774. The van der Waals surface area contributed by atoms with E-state index in [2.05, 4.69) is 25.1 Å². The average molecular weight is 337 g/mol. The normalized spacial score (nSPS) is 43.0. The second-order valence-corrected chi connectivity index (χ2v) is 9.16. The molecule has 3 heteroatoms. The molecule has 0 radical (unpaired) electrons. The SMILES string of the molecule is CC12CCC(=O)C=C1CCC1C2CCC2(C)C(c3ccno3)=CCC12. The van der Waals surface area contributed by atoms with Crippen molar-refractivity contribution in [2.45, 2.75) is 58.8 Å². The maximum atomic E-state index is 11.9. The van der Waals surface area contributed by atoms with Gasteiger partial charge in [-0.25, -0.2) is 0 Å². The van der Waals surface area contributed by atoms with Crippen LogP contribution in [0.2, 0.25) is 0 Å². The van der Waals surface area contributed by atoms with Crippen LogP contribution in [-0.2, 0) is 4.79 Å². The highest BCUT2D eigenvalue weighted by molar-refractivity contribution is 5.91. The van der Waals surface area contributed by atoms with Crippen LogP contribution >= 0.6 is 0 Å². The van der Waals surface area contributed by atoms with E-state index in [-0.39, 0.29) is 10.8 Å². The topological polar surface area (TPSA) is 43.1 Å². The van der Waals surface area contributed by atoms with Gasteiger partial charge in [0.2, 0.25) is 0 Å². The van der Waals surface area contributed by atoms with E-state index in [0.29, 0.717) is 11.7 Å². The largest absolute Gasteiger partial charge is 0.357 e. The van der Waals surface area contributed by atoms with E-state index in [4.69, 9.17) is 4.52 Å². The molecule has 25 heavy (non-hydrogen) atoms. The minimum absolute atomic E-state index is 0.225. The Kier molecular flexibility index (Phi) is 3.24. The Hall–Kier alpha value is -1.64. The Labute approximate surface area is 149 Å². The van der Waals surface area contributed by atoms with E-state index in [9.17, 15) is 4.79 Å². The molecule has 132 valence electrons. The molecule has 0 N–H and O–H groups in total. The van der Waals surface area contributed by atoms with Crippen LogP contribution in [0.1, 0.15) is 64.6 Å². The predicted molar refractivity (Wildman–Crippen MR) is 96.6 cm³/mol. The van der Waals surface area contributed by atoms with Gasteiger partial charge in [0, 0.05) is 12.5 Å². The third-order valence-corrected chi connectivity index (χ3v) is 8.25. The number of fused-ring (bicyclic) bond motifs is 5.